The molecular weight excluding hydrogens is 1040 g/mol. The van der Waals surface area contributed by atoms with Crippen molar-refractivity contribution < 1.29 is 28.4 Å². The molecule has 0 aromatic heterocycles. The minimum Gasteiger partial charge on any atom is -0.444 e. The Morgan fingerprint density at radius 1 is 0.393 bits per heavy atom. The highest BCUT2D eigenvalue weighted by molar-refractivity contribution is 5.92. The van der Waals surface area contributed by atoms with Crippen LogP contribution in [0.2, 0.25) is 0 Å². The van der Waals surface area contributed by atoms with Crippen LogP contribution in [-0.2, 0) is 10.2 Å². The van der Waals surface area contributed by atoms with Crippen molar-refractivity contribution in [3.63, 3.8) is 0 Å². The lowest BCUT2D eigenvalue weighted by molar-refractivity contribution is 0.304. The van der Waals surface area contributed by atoms with Crippen LogP contribution in [0.4, 0.5) is 0 Å². The lowest BCUT2D eigenvalue weighted by Crippen LogP contribution is -2.19. The second kappa shape index (κ2) is 30.2. The zero-order chi connectivity index (χ0) is 58.7. The molecule has 0 heterocycles. The Bertz CT molecular complexity index is 3160. The Morgan fingerprint density at radius 2 is 0.702 bits per heavy atom. The predicted octanol–water partition coefficient (Wildman–Crippen LogP) is 20.4. The fraction of sp³-hybridized carbons (Fsp3) is 0.405. The maximum atomic E-state index is 6.40. The van der Waals surface area contributed by atoms with E-state index < -0.39 is 5.41 Å². The Kier molecular flexibility index (Phi) is 21.9. The number of hydrogen-bond donors (Lipinski definition) is 0. The number of ether oxygens (including phenoxy) is 6. The SMILES string of the molecule is C=C/C(=C\C=C(/C)OC(=C)/N=C(\N=C(/C)Oc1ccc(C2CCCCC2)cc1)Oc1ccc(C2CCCCC2)cc1)C(C)(C)c1ccc(OC(/N=C(\C)Oc2ccc(C3CCCCC3)cc2)=N/C(=C)Oc2ccc(C3CCCCC3)cc2)cc1. The summed E-state index contributed by atoms with van der Waals surface area (Å²) in [5.74, 6) is 7.05. The van der Waals surface area contributed by atoms with Crippen molar-refractivity contribution in [2.75, 3.05) is 0 Å². The van der Waals surface area contributed by atoms with E-state index in [1.54, 1.807) is 13.8 Å². The molecule has 4 saturated carbocycles. The molecule has 0 saturated heterocycles. The quantitative estimate of drug-likeness (QED) is 0.0375. The number of aliphatic imine (C=N–C) groups is 4. The third kappa shape index (κ3) is 17.9. The van der Waals surface area contributed by atoms with E-state index >= 15 is 0 Å². The molecule has 84 heavy (non-hydrogen) atoms. The van der Waals surface area contributed by atoms with Gasteiger partial charge in [-0.2, -0.15) is 20.0 Å². The van der Waals surface area contributed by atoms with Gasteiger partial charge in [0.05, 0.1) is 0 Å². The molecule has 0 spiro atoms. The molecular formula is C74H88N4O6. The molecule has 4 aliphatic carbocycles. The van der Waals surface area contributed by atoms with Crippen LogP contribution in [0, 0.1) is 0 Å². The number of nitrogens with zero attached hydrogens (tertiary/aromatic N) is 4. The Balaban J connectivity index is 0.876. The molecule has 4 fully saturated rings. The first-order valence-electron chi connectivity index (χ1n) is 31.1. The molecule has 5 aromatic rings. The largest absolute Gasteiger partial charge is 0.444 e. The van der Waals surface area contributed by atoms with Crippen molar-refractivity contribution in [1.82, 2.24) is 0 Å². The van der Waals surface area contributed by atoms with Crippen LogP contribution in [0.15, 0.2) is 202 Å². The zero-order valence-corrected chi connectivity index (χ0v) is 50.6. The lowest BCUT2D eigenvalue weighted by Gasteiger charge is -2.27. The van der Waals surface area contributed by atoms with Gasteiger partial charge in [0.25, 0.3) is 0 Å². The maximum Gasteiger partial charge on any atom is 0.328 e. The average Bonchev–Trinajstić information content (AvgIpc) is 3.69. The molecule has 0 atom stereocenters. The van der Waals surface area contributed by atoms with Gasteiger partial charge < -0.3 is 28.4 Å². The van der Waals surface area contributed by atoms with Crippen LogP contribution >= 0.6 is 0 Å². The first-order valence-corrected chi connectivity index (χ1v) is 31.1. The molecule has 5 aromatic carbocycles. The van der Waals surface area contributed by atoms with Crippen LogP contribution in [0.25, 0.3) is 0 Å². The molecule has 0 bridgehead atoms. The standard InChI is InChI=1S/C74H88N4O6/c1-9-65(39-30-52(2)79-53(3)75-72(83-70-48-37-64(38-49-70)60-28-20-13-21-29-60)76-54(4)80-67-42-31-61(32-43-67)57-22-14-10-15-23-57)74(7,8)66-40-50-71(51-41-66)84-73(77-55(5)81-68-44-33-62(34-45-68)58-24-16-11-17-25-58)78-56(6)82-69-46-35-63(36-47-69)59-26-18-12-19-27-59/h9,30-51,57-60H,1,3,5,10-29H2,2,4,6-8H3/b52-30+,65-39+,75-72+,76-54+,77-73+,78-56+. The number of rotatable bonds is 18. The topological polar surface area (TPSA) is 105 Å². The molecule has 10 nitrogen and oxygen atoms in total. The Morgan fingerprint density at radius 3 is 1.05 bits per heavy atom. The van der Waals surface area contributed by atoms with Crippen LogP contribution in [0.1, 0.15) is 215 Å². The van der Waals surface area contributed by atoms with E-state index in [1.807, 2.05) is 97.9 Å². The normalized spacial score (nSPS) is 18.0. The van der Waals surface area contributed by atoms with E-state index in [0.29, 0.717) is 70.0 Å². The van der Waals surface area contributed by atoms with Gasteiger partial charge in [-0.15, -0.1) is 0 Å². The van der Waals surface area contributed by atoms with Crippen LogP contribution < -0.4 is 23.7 Å². The van der Waals surface area contributed by atoms with E-state index in [4.69, 9.17) is 38.4 Å². The van der Waals surface area contributed by atoms with Gasteiger partial charge in [0.2, 0.25) is 11.8 Å². The molecule has 0 amide bonds. The summed E-state index contributed by atoms with van der Waals surface area (Å²) < 4.78 is 37.5. The van der Waals surface area contributed by atoms with E-state index in [9.17, 15) is 0 Å². The zero-order valence-electron chi connectivity index (χ0n) is 50.6. The van der Waals surface area contributed by atoms with E-state index in [0.717, 1.165) is 11.1 Å². The Hall–Kier alpha value is -7.72. The summed E-state index contributed by atoms with van der Waals surface area (Å²) in [4.78, 5) is 18.7. The minimum absolute atomic E-state index is 0.0212. The average molecular weight is 1130 g/mol. The molecule has 10 heteroatoms. The molecule has 0 N–H and O–H groups in total. The number of allylic oxidation sites excluding steroid dienone is 5. The van der Waals surface area contributed by atoms with Gasteiger partial charge in [-0.3, -0.25) is 0 Å². The van der Waals surface area contributed by atoms with Crippen molar-refractivity contribution in [3.8, 4) is 28.7 Å². The van der Waals surface area contributed by atoms with Crippen molar-refractivity contribution in [3.05, 3.63) is 210 Å². The van der Waals surface area contributed by atoms with Crippen LogP contribution in [-0.4, -0.2) is 23.8 Å². The summed E-state index contributed by atoms with van der Waals surface area (Å²) in [5, 5.41) is 0. The first kappa shape index (κ1) is 60.9. The third-order valence-electron chi connectivity index (χ3n) is 17.3. The molecule has 0 radical (unpaired) electrons. The molecule has 4 aliphatic rings. The minimum atomic E-state index is -0.483. The molecule has 0 aliphatic heterocycles. The van der Waals surface area contributed by atoms with Crippen molar-refractivity contribution in [2.45, 2.75) is 192 Å². The van der Waals surface area contributed by atoms with Gasteiger partial charge in [0.15, 0.2) is 11.8 Å². The predicted molar refractivity (Wildman–Crippen MR) is 344 cm³/mol. The van der Waals surface area contributed by atoms with E-state index in [-0.39, 0.29) is 23.8 Å². The summed E-state index contributed by atoms with van der Waals surface area (Å²) in [6.07, 6.45) is 31.1. The van der Waals surface area contributed by atoms with Gasteiger partial charge in [0, 0.05) is 19.3 Å². The highest BCUT2D eigenvalue weighted by atomic mass is 16.5. The fourth-order valence-corrected chi connectivity index (χ4v) is 12.4. The fourth-order valence-electron chi connectivity index (χ4n) is 12.4. The summed E-state index contributed by atoms with van der Waals surface area (Å²) in [7, 11) is 0. The molecule has 0 unspecified atom stereocenters. The number of hydrogen-bond acceptors (Lipinski definition) is 8. The Labute approximate surface area is 501 Å². The summed E-state index contributed by atoms with van der Waals surface area (Å²) >= 11 is 0. The summed E-state index contributed by atoms with van der Waals surface area (Å²) in [5.41, 5.74) is 6.88. The van der Waals surface area contributed by atoms with Crippen LogP contribution in [0.3, 0.4) is 0 Å². The lowest BCUT2D eigenvalue weighted by atomic mass is 9.77. The highest BCUT2D eigenvalue weighted by Gasteiger charge is 2.25. The van der Waals surface area contributed by atoms with Crippen LogP contribution in [0.5, 0.6) is 28.7 Å². The highest BCUT2D eigenvalue weighted by Crippen LogP contribution is 2.38. The molecule has 440 valence electrons. The smallest absolute Gasteiger partial charge is 0.328 e. The second-order valence-corrected chi connectivity index (χ2v) is 23.8. The van der Waals surface area contributed by atoms with Gasteiger partial charge in [-0.05, 0) is 195 Å². The van der Waals surface area contributed by atoms with E-state index in [2.05, 4.69) is 92.1 Å². The first-order chi connectivity index (χ1) is 40.8. The van der Waals surface area contributed by atoms with Gasteiger partial charge in [-0.1, -0.05) is 170 Å². The summed E-state index contributed by atoms with van der Waals surface area (Å²) in [6, 6.07) is 41.2. The van der Waals surface area contributed by atoms with Crippen molar-refractivity contribution in [1.29, 1.82) is 0 Å². The van der Waals surface area contributed by atoms with Gasteiger partial charge in [0.1, 0.15) is 34.5 Å². The second-order valence-electron chi connectivity index (χ2n) is 23.8. The van der Waals surface area contributed by atoms with E-state index in [1.165, 1.54) is 151 Å². The maximum absolute atomic E-state index is 6.40. The van der Waals surface area contributed by atoms with Gasteiger partial charge >= 0.3 is 12.0 Å². The third-order valence-corrected chi connectivity index (χ3v) is 17.3. The molecule has 9 rings (SSSR count). The van der Waals surface area contributed by atoms with Gasteiger partial charge in [-0.25, -0.2) is 0 Å². The van der Waals surface area contributed by atoms with Crippen molar-refractivity contribution >= 4 is 23.8 Å². The number of benzene rings is 5. The monoisotopic (exact) mass is 1130 g/mol. The van der Waals surface area contributed by atoms with Crippen molar-refractivity contribution in [2.24, 2.45) is 20.0 Å². The number of amidine groups is 2. The summed E-state index contributed by atoms with van der Waals surface area (Å²) in [6.45, 7) is 22.2.